The first-order chi connectivity index (χ1) is 15.5. The number of halogens is 1. The molecule has 2 aromatic carbocycles. The number of nitrogens with zero attached hydrogens (tertiary/aromatic N) is 3. The highest BCUT2D eigenvalue weighted by molar-refractivity contribution is 7.80. The van der Waals surface area contributed by atoms with E-state index in [0.29, 0.717) is 10.7 Å². The highest BCUT2D eigenvalue weighted by Crippen LogP contribution is 2.42. The summed E-state index contributed by atoms with van der Waals surface area (Å²) < 4.78 is 16.2. The van der Waals surface area contributed by atoms with Crippen LogP contribution in [0.25, 0.3) is 5.69 Å². The van der Waals surface area contributed by atoms with E-state index in [-0.39, 0.29) is 17.9 Å². The van der Waals surface area contributed by atoms with E-state index in [2.05, 4.69) is 51.1 Å². The summed E-state index contributed by atoms with van der Waals surface area (Å²) in [5.41, 5.74) is 5.70. The first kappa shape index (κ1) is 20.4. The highest BCUT2D eigenvalue weighted by atomic mass is 32.1. The Morgan fingerprint density at radius 2 is 1.75 bits per heavy atom. The van der Waals surface area contributed by atoms with Crippen molar-refractivity contribution in [3.05, 3.63) is 114 Å². The van der Waals surface area contributed by atoms with Crippen LogP contribution in [0, 0.1) is 19.7 Å². The predicted molar refractivity (Wildman–Crippen MR) is 130 cm³/mol. The Hall–Kier alpha value is -3.51. The number of pyridine rings is 1. The van der Waals surface area contributed by atoms with E-state index >= 15 is 0 Å². The Morgan fingerprint density at radius 1 is 0.938 bits per heavy atom. The minimum Gasteiger partial charge on any atom is -0.351 e. The number of aryl methyl sites for hydroxylation is 2. The van der Waals surface area contributed by atoms with Crippen molar-refractivity contribution in [2.75, 3.05) is 4.90 Å². The van der Waals surface area contributed by atoms with E-state index in [0.717, 1.165) is 22.8 Å². The van der Waals surface area contributed by atoms with Gasteiger partial charge in [-0.05, 0) is 85.7 Å². The van der Waals surface area contributed by atoms with Gasteiger partial charge in [0, 0.05) is 29.5 Å². The maximum atomic E-state index is 14.0. The van der Waals surface area contributed by atoms with Gasteiger partial charge in [0.15, 0.2) is 5.11 Å². The van der Waals surface area contributed by atoms with Crippen molar-refractivity contribution in [1.29, 1.82) is 0 Å². The normalized spacial score (nSPS) is 18.1. The topological polar surface area (TPSA) is 33.1 Å². The van der Waals surface area contributed by atoms with Gasteiger partial charge in [0.2, 0.25) is 0 Å². The minimum absolute atomic E-state index is 0.160. The smallest absolute Gasteiger partial charge is 0.174 e. The maximum absolute atomic E-state index is 14.0. The molecule has 4 aromatic rings. The van der Waals surface area contributed by atoms with Crippen LogP contribution in [0.1, 0.15) is 34.6 Å². The molecule has 1 saturated heterocycles. The number of thiocarbonyl (C=S) groups is 1. The van der Waals surface area contributed by atoms with Crippen molar-refractivity contribution in [2.45, 2.75) is 25.9 Å². The molecule has 0 unspecified atom stereocenters. The van der Waals surface area contributed by atoms with Gasteiger partial charge < -0.3 is 14.8 Å². The first-order valence-electron chi connectivity index (χ1n) is 10.5. The molecule has 32 heavy (non-hydrogen) atoms. The summed E-state index contributed by atoms with van der Waals surface area (Å²) in [6.45, 7) is 3.88. The number of benzene rings is 2. The molecule has 0 radical (unpaired) electrons. The number of nitrogens with one attached hydrogen (secondary N) is 1. The number of para-hydroxylation sites is 1. The Bertz CT molecular complexity index is 1280. The molecule has 0 spiro atoms. The van der Waals surface area contributed by atoms with E-state index in [9.17, 15) is 4.39 Å². The lowest BCUT2D eigenvalue weighted by atomic mass is 10.00. The van der Waals surface area contributed by atoms with Gasteiger partial charge in [0.25, 0.3) is 0 Å². The first-order valence-corrected chi connectivity index (χ1v) is 11.0. The molecule has 1 aliphatic heterocycles. The fraction of sp³-hybridized carbons (Fsp3) is 0.154. The number of aromatic nitrogens is 2. The van der Waals surface area contributed by atoms with Crippen LogP contribution in [-0.4, -0.2) is 14.7 Å². The lowest BCUT2D eigenvalue weighted by Gasteiger charge is -2.29. The quantitative estimate of drug-likeness (QED) is 0.405. The lowest BCUT2D eigenvalue weighted by Crippen LogP contribution is -2.30. The molecule has 1 N–H and O–H groups in total. The Balaban J connectivity index is 1.69. The summed E-state index contributed by atoms with van der Waals surface area (Å²) in [4.78, 5) is 6.69. The third kappa shape index (κ3) is 3.46. The molecular weight excluding hydrogens is 419 g/mol. The largest absolute Gasteiger partial charge is 0.351 e. The Kier molecular flexibility index (Phi) is 5.23. The second-order valence-corrected chi connectivity index (χ2v) is 8.41. The van der Waals surface area contributed by atoms with Gasteiger partial charge >= 0.3 is 0 Å². The summed E-state index contributed by atoms with van der Waals surface area (Å²) in [5.74, 6) is -0.229. The van der Waals surface area contributed by atoms with Crippen LogP contribution < -0.4 is 10.2 Å². The molecule has 0 bridgehead atoms. The fourth-order valence-electron chi connectivity index (χ4n) is 4.40. The zero-order valence-corrected chi connectivity index (χ0v) is 18.7. The lowest BCUT2D eigenvalue weighted by molar-refractivity contribution is 0.548. The van der Waals surface area contributed by atoms with Crippen LogP contribution in [0.4, 0.5) is 10.1 Å². The van der Waals surface area contributed by atoms with Gasteiger partial charge in [-0.3, -0.25) is 4.98 Å². The van der Waals surface area contributed by atoms with E-state index in [1.165, 1.54) is 11.6 Å². The molecule has 0 aliphatic carbocycles. The summed E-state index contributed by atoms with van der Waals surface area (Å²) >= 11 is 5.80. The third-order valence-corrected chi connectivity index (χ3v) is 6.29. The van der Waals surface area contributed by atoms with Crippen molar-refractivity contribution >= 4 is 23.0 Å². The van der Waals surface area contributed by atoms with Gasteiger partial charge in [0.1, 0.15) is 11.9 Å². The van der Waals surface area contributed by atoms with Crippen LogP contribution in [0.3, 0.4) is 0 Å². The van der Waals surface area contributed by atoms with Gasteiger partial charge in [-0.2, -0.15) is 0 Å². The zero-order chi connectivity index (χ0) is 22.2. The van der Waals surface area contributed by atoms with E-state index in [4.69, 9.17) is 12.2 Å². The zero-order valence-electron chi connectivity index (χ0n) is 17.9. The molecule has 0 saturated carbocycles. The molecule has 3 heterocycles. The maximum Gasteiger partial charge on any atom is 0.174 e. The van der Waals surface area contributed by atoms with Gasteiger partial charge in [-0.25, -0.2) is 4.39 Å². The molecule has 1 fully saturated rings. The number of anilines is 1. The molecule has 6 heteroatoms. The molecule has 2 aromatic heterocycles. The minimum atomic E-state index is -0.229. The van der Waals surface area contributed by atoms with Gasteiger partial charge in [-0.1, -0.05) is 24.3 Å². The molecule has 2 atom stereocenters. The molecule has 160 valence electrons. The third-order valence-electron chi connectivity index (χ3n) is 5.98. The highest BCUT2D eigenvalue weighted by Gasteiger charge is 2.42. The standard InChI is InChI=1S/C26H23FN4S/c1-17-8-3-4-10-22(17)30-15-7-11-23(30)25-24(21-9-5-6-14-28-21)29-26(32)31(25)19-12-13-20(27)18(2)16-19/h3-16,24-25H,1-2H3,(H,29,32)/t24-,25+/m1/s1. The molecular formula is C26H23FN4S. The number of hydrogen-bond acceptors (Lipinski definition) is 2. The van der Waals surface area contributed by atoms with Gasteiger partial charge in [-0.15, -0.1) is 0 Å². The number of hydrogen-bond donors (Lipinski definition) is 1. The summed E-state index contributed by atoms with van der Waals surface area (Å²) in [6.07, 6.45) is 3.87. The average molecular weight is 443 g/mol. The average Bonchev–Trinajstić information content (AvgIpc) is 3.41. The second-order valence-electron chi connectivity index (χ2n) is 8.02. The van der Waals surface area contributed by atoms with Crippen molar-refractivity contribution in [3.8, 4) is 5.69 Å². The second kappa shape index (κ2) is 8.20. The van der Waals surface area contributed by atoms with Crippen molar-refractivity contribution < 1.29 is 4.39 Å². The van der Waals surface area contributed by atoms with Gasteiger partial charge in [0.05, 0.1) is 11.7 Å². The van der Waals surface area contributed by atoms with Crippen LogP contribution in [0.5, 0.6) is 0 Å². The van der Waals surface area contributed by atoms with Crippen LogP contribution >= 0.6 is 12.2 Å². The Labute approximate surface area is 192 Å². The van der Waals surface area contributed by atoms with E-state index < -0.39 is 0 Å². The summed E-state index contributed by atoms with van der Waals surface area (Å²) in [6, 6.07) is 23.2. The summed E-state index contributed by atoms with van der Waals surface area (Å²) in [5, 5.41) is 4.06. The van der Waals surface area contributed by atoms with Crippen LogP contribution in [0.2, 0.25) is 0 Å². The predicted octanol–water partition coefficient (Wildman–Crippen LogP) is 5.81. The molecule has 4 nitrogen and oxygen atoms in total. The van der Waals surface area contributed by atoms with Crippen molar-refractivity contribution in [2.24, 2.45) is 0 Å². The molecule has 1 aliphatic rings. The molecule has 0 amide bonds. The Morgan fingerprint density at radius 3 is 2.50 bits per heavy atom. The van der Waals surface area contributed by atoms with Crippen molar-refractivity contribution in [1.82, 2.24) is 14.9 Å². The van der Waals surface area contributed by atoms with Crippen LogP contribution in [-0.2, 0) is 0 Å². The van der Waals surface area contributed by atoms with Crippen molar-refractivity contribution in [3.63, 3.8) is 0 Å². The van der Waals surface area contributed by atoms with E-state index in [1.807, 2.05) is 42.5 Å². The number of rotatable bonds is 4. The SMILES string of the molecule is Cc1cc(N2C(=S)N[C@H](c3ccccn3)[C@@H]2c2cccn2-c2ccccc2C)ccc1F. The molecule has 5 rings (SSSR count). The van der Waals surface area contributed by atoms with Crippen LogP contribution in [0.15, 0.2) is 85.2 Å². The monoisotopic (exact) mass is 442 g/mol. The fourth-order valence-corrected chi connectivity index (χ4v) is 4.75. The van der Waals surface area contributed by atoms with E-state index in [1.54, 1.807) is 19.2 Å². The summed E-state index contributed by atoms with van der Waals surface area (Å²) in [7, 11) is 0.